The lowest BCUT2D eigenvalue weighted by molar-refractivity contribution is 0.0907. The highest BCUT2D eigenvalue weighted by molar-refractivity contribution is 5.92. The van der Waals surface area contributed by atoms with Gasteiger partial charge in [-0.25, -0.2) is 0 Å². The number of aliphatic hydroxyl groups excluding tert-OH is 1. The van der Waals surface area contributed by atoms with E-state index in [1.165, 1.54) is 0 Å². The fourth-order valence-electron chi connectivity index (χ4n) is 4.02. The predicted molar refractivity (Wildman–Crippen MR) is 92.8 cm³/mol. The number of aromatic nitrogens is 3. The topological polar surface area (TPSA) is 93.2 Å². The summed E-state index contributed by atoms with van der Waals surface area (Å²) >= 11 is 0. The summed E-state index contributed by atoms with van der Waals surface area (Å²) in [6.45, 7) is 0.468. The third-order valence-electron chi connectivity index (χ3n) is 5.88. The number of carbonyl (C=O) groups excluding carboxylic acids is 1. The van der Waals surface area contributed by atoms with Crippen LogP contribution in [0.1, 0.15) is 78.6 Å². The van der Waals surface area contributed by atoms with E-state index >= 15 is 0 Å². The van der Waals surface area contributed by atoms with Crippen LogP contribution in [0.2, 0.25) is 0 Å². The summed E-state index contributed by atoms with van der Waals surface area (Å²) in [5, 5.41) is 17.5. The molecular weight excluding hydrogens is 332 g/mol. The molecule has 2 N–H and O–H groups in total. The normalized spacial score (nSPS) is 28.4. The zero-order valence-electron chi connectivity index (χ0n) is 14.7. The van der Waals surface area contributed by atoms with Crippen LogP contribution in [0.4, 0.5) is 0 Å². The van der Waals surface area contributed by atoms with Crippen LogP contribution in [0, 0.1) is 5.92 Å². The molecule has 0 aliphatic heterocycles. The fourth-order valence-corrected chi connectivity index (χ4v) is 4.02. The Morgan fingerprint density at radius 2 is 2.12 bits per heavy atom. The van der Waals surface area contributed by atoms with Gasteiger partial charge in [-0.15, -0.1) is 0 Å². The van der Waals surface area contributed by atoms with Gasteiger partial charge in [0.1, 0.15) is 5.69 Å². The first-order valence-corrected chi connectivity index (χ1v) is 9.65. The lowest BCUT2D eigenvalue weighted by atomic mass is 10.0. The molecule has 3 saturated carbocycles. The van der Waals surface area contributed by atoms with E-state index in [0.717, 1.165) is 37.9 Å². The van der Waals surface area contributed by atoms with E-state index in [0.29, 0.717) is 36.5 Å². The summed E-state index contributed by atoms with van der Waals surface area (Å²) in [4.78, 5) is 17.0. The smallest absolute Gasteiger partial charge is 0.267 e. The molecule has 1 amide bonds. The second-order valence-corrected chi connectivity index (χ2v) is 8.00. The second kappa shape index (κ2) is 6.23. The molecule has 0 saturated heterocycles. The molecule has 0 spiro atoms. The molecule has 0 aromatic carbocycles. The van der Waals surface area contributed by atoms with Gasteiger partial charge in [-0.2, -0.15) is 4.98 Å². The lowest BCUT2D eigenvalue weighted by Gasteiger charge is -2.15. The van der Waals surface area contributed by atoms with E-state index in [1.807, 2.05) is 18.3 Å². The van der Waals surface area contributed by atoms with Gasteiger partial charge in [0, 0.05) is 36.5 Å². The van der Waals surface area contributed by atoms with Gasteiger partial charge >= 0.3 is 0 Å². The molecule has 0 radical (unpaired) electrons. The minimum atomic E-state index is -0.452. The van der Waals surface area contributed by atoms with E-state index in [2.05, 4.69) is 20.0 Å². The molecule has 3 aliphatic rings. The maximum absolute atomic E-state index is 12.5. The Morgan fingerprint density at radius 1 is 1.27 bits per heavy atom. The summed E-state index contributed by atoms with van der Waals surface area (Å²) in [6, 6.07) is 4.26. The second-order valence-electron chi connectivity index (χ2n) is 8.00. The van der Waals surface area contributed by atoms with Gasteiger partial charge in [-0.05, 0) is 50.7 Å². The molecule has 26 heavy (non-hydrogen) atoms. The zero-order valence-corrected chi connectivity index (χ0v) is 14.7. The molecule has 0 bridgehead atoms. The van der Waals surface area contributed by atoms with Crippen molar-refractivity contribution in [3.8, 4) is 0 Å². The summed E-state index contributed by atoms with van der Waals surface area (Å²) in [7, 11) is 0. The molecule has 7 heteroatoms. The Morgan fingerprint density at radius 3 is 2.88 bits per heavy atom. The summed E-state index contributed by atoms with van der Waals surface area (Å²) in [5.41, 5.74) is 0.711. The SMILES string of the molecule is O=C(NC[C@@H]1C[C@@H](c2nc(C3CC3)no2)C[C@H]1O)c1cccn1C1CC1. The van der Waals surface area contributed by atoms with Crippen LogP contribution < -0.4 is 5.32 Å². The zero-order chi connectivity index (χ0) is 17.7. The highest BCUT2D eigenvalue weighted by Gasteiger charge is 2.38. The van der Waals surface area contributed by atoms with Crippen molar-refractivity contribution >= 4 is 5.91 Å². The molecule has 2 heterocycles. The van der Waals surface area contributed by atoms with Crippen molar-refractivity contribution in [1.29, 1.82) is 0 Å². The van der Waals surface area contributed by atoms with Crippen molar-refractivity contribution in [2.45, 2.75) is 62.5 Å². The average Bonchev–Trinajstić information content (AvgIpc) is 3.53. The monoisotopic (exact) mass is 356 g/mol. The number of nitrogens with one attached hydrogen (secondary N) is 1. The highest BCUT2D eigenvalue weighted by Crippen LogP contribution is 2.41. The first-order valence-electron chi connectivity index (χ1n) is 9.65. The maximum Gasteiger partial charge on any atom is 0.267 e. The van der Waals surface area contributed by atoms with Crippen molar-refractivity contribution in [1.82, 2.24) is 20.0 Å². The Kier molecular flexibility index (Phi) is 3.85. The molecule has 138 valence electrons. The van der Waals surface area contributed by atoms with Gasteiger partial charge in [0.15, 0.2) is 5.82 Å². The molecule has 3 atom stereocenters. The summed E-state index contributed by atoms with van der Waals surface area (Å²) in [5.74, 6) is 1.96. The van der Waals surface area contributed by atoms with E-state index in [4.69, 9.17) is 4.52 Å². The number of rotatable bonds is 6. The Balaban J connectivity index is 1.19. The van der Waals surface area contributed by atoms with E-state index in [-0.39, 0.29) is 17.7 Å². The number of aliphatic hydroxyl groups is 1. The average molecular weight is 356 g/mol. The van der Waals surface area contributed by atoms with Crippen LogP contribution in [0.15, 0.2) is 22.9 Å². The Labute approximate surface area is 151 Å². The molecule has 3 aliphatic carbocycles. The van der Waals surface area contributed by atoms with Crippen LogP contribution in [-0.4, -0.2) is 38.4 Å². The molecular formula is C19H24N4O3. The Hall–Kier alpha value is -2.15. The van der Waals surface area contributed by atoms with E-state index in [1.54, 1.807) is 0 Å². The molecule has 7 nitrogen and oxygen atoms in total. The number of nitrogens with zero attached hydrogens (tertiary/aromatic N) is 3. The van der Waals surface area contributed by atoms with Gasteiger partial charge in [0.05, 0.1) is 6.10 Å². The summed E-state index contributed by atoms with van der Waals surface area (Å²) in [6.07, 6.45) is 7.47. The van der Waals surface area contributed by atoms with Gasteiger partial charge < -0.3 is 19.5 Å². The predicted octanol–water partition coefficient (Wildman–Crippen LogP) is 2.37. The van der Waals surface area contributed by atoms with Crippen molar-refractivity contribution < 1.29 is 14.4 Å². The quantitative estimate of drug-likeness (QED) is 0.829. The van der Waals surface area contributed by atoms with Gasteiger partial charge in [-0.1, -0.05) is 5.16 Å². The van der Waals surface area contributed by atoms with Crippen LogP contribution >= 0.6 is 0 Å². The number of amides is 1. The van der Waals surface area contributed by atoms with Crippen LogP contribution in [0.25, 0.3) is 0 Å². The van der Waals surface area contributed by atoms with E-state index in [9.17, 15) is 9.90 Å². The van der Waals surface area contributed by atoms with Crippen LogP contribution in [-0.2, 0) is 0 Å². The first-order chi connectivity index (χ1) is 12.7. The molecule has 2 aromatic rings. The third-order valence-corrected chi connectivity index (χ3v) is 5.88. The van der Waals surface area contributed by atoms with Crippen molar-refractivity contribution in [3.05, 3.63) is 35.7 Å². The van der Waals surface area contributed by atoms with Gasteiger partial charge in [0.25, 0.3) is 5.91 Å². The largest absolute Gasteiger partial charge is 0.393 e. The fraction of sp³-hybridized carbons (Fsp3) is 0.632. The first kappa shape index (κ1) is 16.1. The number of hydrogen-bond acceptors (Lipinski definition) is 5. The number of hydrogen-bond donors (Lipinski definition) is 2. The lowest BCUT2D eigenvalue weighted by Crippen LogP contribution is -2.33. The van der Waals surface area contributed by atoms with Gasteiger partial charge in [-0.3, -0.25) is 4.79 Å². The minimum absolute atomic E-state index is 0.0181. The van der Waals surface area contributed by atoms with E-state index < -0.39 is 6.10 Å². The van der Waals surface area contributed by atoms with Crippen molar-refractivity contribution in [3.63, 3.8) is 0 Å². The molecule has 5 rings (SSSR count). The molecule has 3 fully saturated rings. The maximum atomic E-state index is 12.5. The van der Waals surface area contributed by atoms with Crippen LogP contribution in [0.5, 0.6) is 0 Å². The number of carbonyl (C=O) groups is 1. The highest BCUT2D eigenvalue weighted by atomic mass is 16.5. The Bertz CT molecular complexity index is 805. The van der Waals surface area contributed by atoms with Crippen molar-refractivity contribution in [2.75, 3.05) is 6.54 Å². The van der Waals surface area contributed by atoms with Crippen LogP contribution in [0.3, 0.4) is 0 Å². The summed E-state index contributed by atoms with van der Waals surface area (Å²) < 4.78 is 7.47. The van der Waals surface area contributed by atoms with Gasteiger partial charge in [0.2, 0.25) is 5.89 Å². The standard InChI is InChI=1S/C19H24N4O3/c24-16-9-12(19-21-17(22-26-19)11-3-4-11)8-13(16)10-20-18(25)15-2-1-7-23(15)14-5-6-14/h1-2,7,11-14,16,24H,3-6,8-10H2,(H,20,25)/t12-,13+,16-/m1/s1. The third kappa shape index (κ3) is 3.05. The minimum Gasteiger partial charge on any atom is -0.393 e. The molecule has 0 unspecified atom stereocenters. The molecule has 2 aromatic heterocycles. The van der Waals surface area contributed by atoms with Crippen molar-refractivity contribution in [2.24, 2.45) is 5.92 Å².